The molecule has 0 spiro atoms. The van der Waals surface area contributed by atoms with E-state index >= 15 is 0 Å². The number of amides is 1. The number of carbonyl (C=O) groups excluding carboxylic acids is 1. The van der Waals surface area contributed by atoms with Crippen LogP contribution in [0.2, 0.25) is 0 Å². The molecule has 0 unspecified atom stereocenters. The molecule has 1 aromatic heterocycles. The van der Waals surface area contributed by atoms with Gasteiger partial charge in [-0.2, -0.15) is 0 Å². The Hall–Kier alpha value is -1.61. The van der Waals surface area contributed by atoms with E-state index in [1.807, 2.05) is 18.2 Å². The van der Waals surface area contributed by atoms with Gasteiger partial charge in [-0.25, -0.2) is 0 Å². The summed E-state index contributed by atoms with van der Waals surface area (Å²) in [6.45, 7) is 2.10. The van der Waals surface area contributed by atoms with Crippen LogP contribution in [0.1, 0.15) is 30.2 Å². The molecule has 100 valence electrons. The molecule has 0 fully saturated rings. The summed E-state index contributed by atoms with van der Waals surface area (Å²) in [6, 6.07) is 12.2. The fraction of sp³-hybridized carbons (Fsp3) is 0.312. The van der Waals surface area contributed by atoms with Gasteiger partial charge in [-0.1, -0.05) is 31.2 Å². The highest BCUT2D eigenvalue weighted by Gasteiger charge is 2.05. The summed E-state index contributed by atoms with van der Waals surface area (Å²) in [7, 11) is 0. The van der Waals surface area contributed by atoms with Crippen molar-refractivity contribution in [3.63, 3.8) is 0 Å². The molecule has 0 aliphatic rings. The second kappa shape index (κ2) is 7.10. The van der Waals surface area contributed by atoms with Crippen LogP contribution >= 0.6 is 11.3 Å². The highest BCUT2D eigenvalue weighted by Crippen LogP contribution is 2.16. The number of hydrogen-bond donors (Lipinski definition) is 1. The van der Waals surface area contributed by atoms with Crippen molar-refractivity contribution in [2.45, 2.75) is 32.6 Å². The van der Waals surface area contributed by atoms with Crippen molar-refractivity contribution in [3.05, 3.63) is 52.2 Å². The van der Waals surface area contributed by atoms with E-state index < -0.39 is 0 Å². The highest BCUT2D eigenvalue weighted by molar-refractivity contribution is 7.09. The number of aryl methyl sites for hydroxylation is 2. The van der Waals surface area contributed by atoms with Crippen molar-refractivity contribution >= 4 is 22.9 Å². The van der Waals surface area contributed by atoms with Crippen molar-refractivity contribution in [3.8, 4) is 0 Å². The third-order valence-electron chi connectivity index (χ3n) is 3.08. The molecule has 1 heterocycles. The molecule has 1 aromatic carbocycles. The van der Waals surface area contributed by atoms with Crippen LogP contribution in [0.3, 0.4) is 0 Å². The van der Waals surface area contributed by atoms with E-state index in [4.69, 9.17) is 0 Å². The van der Waals surface area contributed by atoms with E-state index in [0.29, 0.717) is 6.42 Å². The lowest BCUT2D eigenvalue weighted by atomic mass is 10.1. The van der Waals surface area contributed by atoms with Gasteiger partial charge in [-0.3, -0.25) is 4.79 Å². The summed E-state index contributed by atoms with van der Waals surface area (Å²) in [4.78, 5) is 13.3. The van der Waals surface area contributed by atoms with E-state index in [0.717, 1.165) is 24.9 Å². The Morgan fingerprint density at radius 1 is 1.21 bits per heavy atom. The molecule has 0 saturated heterocycles. The molecule has 1 amide bonds. The zero-order chi connectivity index (χ0) is 13.5. The van der Waals surface area contributed by atoms with Gasteiger partial charge in [0.25, 0.3) is 0 Å². The molecule has 2 aromatic rings. The Labute approximate surface area is 118 Å². The minimum absolute atomic E-state index is 0.109. The minimum atomic E-state index is 0.109. The largest absolute Gasteiger partial charge is 0.326 e. The van der Waals surface area contributed by atoms with Crippen molar-refractivity contribution in [2.75, 3.05) is 5.32 Å². The van der Waals surface area contributed by atoms with Crippen LogP contribution in [0, 0.1) is 0 Å². The number of benzene rings is 1. The first-order valence-electron chi connectivity index (χ1n) is 6.69. The van der Waals surface area contributed by atoms with Crippen molar-refractivity contribution < 1.29 is 4.79 Å². The molecule has 3 heteroatoms. The standard InChI is InChI=1S/C16H19NOS/c1-2-13-7-3-4-10-15(13)17-16(18)11-5-8-14-9-6-12-19-14/h3-4,6-7,9-10,12H,2,5,8,11H2,1H3,(H,17,18). The van der Waals surface area contributed by atoms with E-state index in [9.17, 15) is 4.79 Å². The molecule has 0 atom stereocenters. The first-order chi connectivity index (χ1) is 9.29. The molecular formula is C16H19NOS. The lowest BCUT2D eigenvalue weighted by Gasteiger charge is -2.09. The molecule has 0 saturated carbocycles. The van der Waals surface area contributed by atoms with Crippen molar-refractivity contribution in [2.24, 2.45) is 0 Å². The van der Waals surface area contributed by atoms with E-state index in [-0.39, 0.29) is 5.91 Å². The topological polar surface area (TPSA) is 29.1 Å². The first kappa shape index (κ1) is 13.8. The summed E-state index contributed by atoms with van der Waals surface area (Å²) in [5.41, 5.74) is 2.14. The number of carbonyl (C=O) groups is 1. The smallest absolute Gasteiger partial charge is 0.224 e. The highest BCUT2D eigenvalue weighted by atomic mass is 32.1. The zero-order valence-corrected chi connectivity index (χ0v) is 12.0. The molecule has 2 rings (SSSR count). The van der Waals surface area contributed by atoms with E-state index in [1.165, 1.54) is 10.4 Å². The second-order valence-corrected chi connectivity index (χ2v) is 5.52. The SMILES string of the molecule is CCc1ccccc1NC(=O)CCCc1cccs1. The normalized spacial score (nSPS) is 10.4. The Kier molecular flexibility index (Phi) is 5.16. The quantitative estimate of drug-likeness (QED) is 0.836. The summed E-state index contributed by atoms with van der Waals surface area (Å²) in [6.07, 6.45) is 3.41. The van der Waals surface area contributed by atoms with Gasteiger partial charge in [-0.15, -0.1) is 11.3 Å². The molecule has 0 bridgehead atoms. The van der Waals surface area contributed by atoms with Crippen LogP contribution in [0.25, 0.3) is 0 Å². The number of nitrogens with one attached hydrogen (secondary N) is 1. The van der Waals surface area contributed by atoms with Crippen LogP contribution in [0.15, 0.2) is 41.8 Å². The van der Waals surface area contributed by atoms with Gasteiger partial charge in [0, 0.05) is 17.0 Å². The lowest BCUT2D eigenvalue weighted by molar-refractivity contribution is -0.116. The maximum absolute atomic E-state index is 11.9. The first-order valence-corrected chi connectivity index (χ1v) is 7.57. The second-order valence-electron chi connectivity index (χ2n) is 4.49. The number of hydrogen-bond acceptors (Lipinski definition) is 2. The summed E-state index contributed by atoms with van der Waals surface area (Å²) >= 11 is 1.75. The Bertz CT molecular complexity index is 519. The maximum atomic E-state index is 11.9. The van der Waals surface area contributed by atoms with Gasteiger partial charge in [0.1, 0.15) is 0 Å². The average Bonchev–Trinajstić information content (AvgIpc) is 2.92. The van der Waals surface area contributed by atoms with Crippen LogP contribution < -0.4 is 5.32 Å². The molecular weight excluding hydrogens is 254 g/mol. The van der Waals surface area contributed by atoms with Gasteiger partial charge in [0.2, 0.25) is 5.91 Å². The predicted octanol–water partition coefficient (Wildman–Crippen LogP) is 4.27. The van der Waals surface area contributed by atoms with Crippen molar-refractivity contribution in [1.82, 2.24) is 0 Å². The number of anilines is 1. The lowest BCUT2D eigenvalue weighted by Crippen LogP contribution is -2.12. The maximum Gasteiger partial charge on any atom is 0.224 e. The Morgan fingerprint density at radius 2 is 2.05 bits per heavy atom. The van der Waals surface area contributed by atoms with Gasteiger partial charge < -0.3 is 5.32 Å². The number of rotatable bonds is 6. The molecule has 0 aliphatic carbocycles. The van der Waals surface area contributed by atoms with Gasteiger partial charge in [-0.05, 0) is 42.3 Å². The fourth-order valence-corrected chi connectivity index (χ4v) is 2.79. The molecule has 0 aliphatic heterocycles. The van der Waals surface area contributed by atoms with Crippen LogP contribution in [-0.2, 0) is 17.6 Å². The van der Waals surface area contributed by atoms with Crippen LogP contribution in [0.4, 0.5) is 5.69 Å². The summed E-state index contributed by atoms with van der Waals surface area (Å²) in [5, 5.41) is 5.08. The van der Waals surface area contributed by atoms with Crippen molar-refractivity contribution in [1.29, 1.82) is 0 Å². The molecule has 1 N–H and O–H groups in total. The Balaban J connectivity index is 1.80. The predicted molar refractivity (Wildman–Crippen MR) is 81.7 cm³/mol. The van der Waals surface area contributed by atoms with E-state index in [2.05, 4.69) is 35.8 Å². The molecule has 0 radical (unpaired) electrons. The van der Waals surface area contributed by atoms with Gasteiger partial charge in [0.05, 0.1) is 0 Å². The third-order valence-corrected chi connectivity index (χ3v) is 4.02. The average molecular weight is 273 g/mol. The Morgan fingerprint density at radius 3 is 2.79 bits per heavy atom. The number of para-hydroxylation sites is 1. The third kappa shape index (κ3) is 4.21. The summed E-state index contributed by atoms with van der Waals surface area (Å²) in [5.74, 6) is 0.109. The minimum Gasteiger partial charge on any atom is -0.326 e. The van der Waals surface area contributed by atoms with Crippen LogP contribution in [-0.4, -0.2) is 5.91 Å². The molecule has 19 heavy (non-hydrogen) atoms. The van der Waals surface area contributed by atoms with E-state index in [1.54, 1.807) is 11.3 Å². The molecule has 2 nitrogen and oxygen atoms in total. The summed E-state index contributed by atoms with van der Waals surface area (Å²) < 4.78 is 0. The monoisotopic (exact) mass is 273 g/mol. The van der Waals surface area contributed by atoms with Gasteiger partial charge >= 0.3 is 0 Å². The zero-order valence-electron chi connectivity index (χ0n) is 11.2. The van der Waals surface area contributed by atoms with Gasteiger partial charge in [0.15, 0.2) is 0 Å². The fourth-order valence-electron chi connectivity index (χ4n) is 2.04. The van der Waals surface area contributed by atoms with Crippen LogP contribution in [0.5, 0.6) is 0 Å². The number of thiophene rings is 1.